The maximum Gasteiger partial charge on any atom is 0.151 e. The summed E-state index contributed by atoms with van der Waals surface area (Å²) in [5, 5.41) is 11.9. The molecule has 0 fully saturated rings. The van der Waals surface area contributed by atoms with Gasteiger partial charge in [0.15, 0.2) is 5.82 Å². The summed E-state index contributed by atoms with van der Waals surface area (Å²) >= 11 is 0. The fraction of sp³-hybridized carbons (Fsp3) is 0.500. The van der Waals surface area contributed by atoms with Crippen molar-refractivity contribution in [1.29, 1.82) is 0 Å². The van der Waals surface area contributed by atoms with Crippen LogP contribution in [0, 0.1) is 6.92 Å². The Balaban J connectivity index is 1.88. The van der Waals surface area contributed by atoms with Gasteiger partial charge in [-0.1, -0.05) is 29.8 Å². The second-order valence-electron chi connectivity index (χ2n) is 4.80. The van der Waals surface area contributed by atoms with E-state index < -0.39 is 0 Å². The van der Waals surface area contributed by atoms with Crippen LogP contribution in [-0.4, -0.2) is 26.8 Å². The molecule has 0 bridgehead atoms. The molecule has 1 aromatic heterocycles. The smallest absolute Gasteiger partial charge is 0.151 e. The molecule has 0 saturated carbocycles. The molecule has 0 aliphatic carbocycles. The Bertz CT molecular complexity index is 489. The molecule has 0 aliphatic heterocycles. The molecule has 0 atom stereocenters. The summed E-state index contributed by atoms with van der Waals surface area (Å²) in [7, 11) is 0. The first-order chi connectivity index (χ1) is 9.29. The number of unbranched alkanes of at least 4 members (excludes halogenated alkanes) is 1. The van der Waals surface area contributed by atoms with Gasteiger partial charge in [0.25, 0.3) is 0 Å². The van der Waals surface area contributed by atoms with E-state index in [1.165, 1.54) is 11.1 Å². The fourth-order valence-electron chi connectivity index (χ4n) is 1.99. The molecule has 0 radical (unpaired) electrons. The lowest BCUT2D eigenvalue weighted by Gasteiger charge is -2.04. The third-order valence-corrected chi connectivity index (χ3v) is 3.19. The Labute approximate surface area is 113 Å². The van der Waals surface area contributed by atoms with Crippen LogP contribution in [0.1, 0.15) is 29.8 Å². The van der Waals surface area contributed by atoms with Gasteiger partial charge < -0.3 is 5.73 Å². The van der Waals surface area contributed by atoms with Gasteiger partial charge in [0.1, 0.15) is 0 Å². The van der Waals surface area contributed by atoms with E-state index >= 15 is 0 Å². The predicted molar refractivity (Wildman–Crippen MR) is 74.7 cm³/mol. The van der Waals surface area contributed by atoms with Crippen LogP contribution < -0.4 is 5.73 Å². The highest BCUT2D eigenvalue weighted by Gasteiger charge is 2.05. The molecule has 2 N–H and O–H groups in total. The van der Waals surface area contributed by atoms with Crippen molar-refractivity contribution < 1.29 is 0 Å². The van der Waals surface area contributed by atoms with Crippen LogP contribution >= 0.6 is 0 Å². The van der Waals surface area contributed by atoms with Crippen molar-refractivity contribution in [2.75, 3.05) is 6.54 Å². The first-order valence-corrected chi connectivity index (χ1v) is 6.80. The molecule has 0 unspecified atom stereocenters. The number of rotatable bonds is 7. The maximum absolute atomic E-state index is 5.49. The molecule has 0 saturated heterocycles. The van der Waals surface area contributed by atoms with Gasteiger partial charge in [0.05, 0.1) is 0 Å². The number of nitrogens with two attached hydrogens (primary N) is 1. The molecule has 5 heteroatoms. The fourth-order valence-corrected chi connectivity index (χ4v) is 1.99. The lowest BCUT2D eigenvalue weighted by molar-refractivity contribution is 0.524. The van der Waals surface area contributed by atoms with Gasteiger partial charge in [-0.05, 0) is 48.7 Å². The van der Waals surface area contributed by atoms with Gasteiger partial charge in [-0.3, -0.25) is 0 Å². The Morgan fingerprint density at radius 3 is 2.63 bits per heavy atom. The molecule has 0 aliphatic rings. The van der Waals surface area contributed by atoms with E-state index in [4.69, 9.17) is 5.73 Å². The van der Waals surface area contributed by atoms with E-state index in [0.717, 1.165) is 44.6 Å². The third-order valence-electron chi connectivity index (χ3n) is 3.19. The molecule has 1 heterocycles. The van der Waals surface area contributed by atoms with Crippen molar-refractivity contribution in [2.45, 2.75) is 39.2 Å². The molecule has 0 amide bonds. The van der Waals surface area contributed by atoms with Crippen LogP contribution in [-0.2, 0) is 19.4 Å². The molecule has 5 nitrogen and oxygen atoms in total. The number of aryl methyl sites for hydroxylation is 4. The average molecular weight is 259 g/mol. The minimum atomic E-state index is 0.723. The summed E-state index contributed by atoms with van der Waals surface area (Å²) in [6.07, 6.45) is 3.88. The molecular formula is C14H21N5. The number of nitrogens with zero attached hydrogens (tertiary/aromatic N) is 4. The van der Waals surface area contributed by atoms with E-state index in [1.807, 2.05) is 4.68 Å². The molecule has 102 valence electrons. The van der Waals surface area contributed by atoms with Gasteiger partial charge in [-0.25, -0.2) is 4.68 Å². The number of hydrogen-bond donors (Lipinski definition) is 1. The summed E-state index contributed by atoms with van der Waals surface area (Å²) < 4.78 is 1.89. The third kappa shape index (κ3) is 4.13. The van der Waals surface area contributed by atoms with Gasteiger partial charge >= 0.3 is 0 Å². The number of aromatic nitrogens is 4. The van der Waals surface area contributed by atoms with Gasteiger partial charge in [0.2, 0.25) is 0 Å². The quantitative estimate of drug-likeness (QED) is 0.765. The topological polar surface area (TPSA) is 69.6 Å². The highest BCUT2D eigenvalue weighted by molar-refractivity contribution is 5.21. The zero-order valence-corrected chi connectivity index (χ0v) is 11.4. The van der Waals surface area contributed by atoms with Crippen molar-refractivity contribution in [3.8, 4) is 0 Å². The number of tetrazole rings is 1. The summed E-state index contributed by atoms with van der Waals surface area (Å²) in [5.74, 6) is 0.956. The van der Waals surface area contributed by atoms with Gasteiger partial charge in [0, 0.05) is 13.0 Å². The number of benzene rings is 1. The first kappa shape index (κ1) is 13.7. The van der Waals surface area contributed by atoms with Crippen molar-refractivity contribution >= 4 is 0 Å². The normalized spacial score (nSPS) is 10.8. The largest absolute Gasteiger partial charge is 0.330 e. The van der Waals surface area contributed by atoms with Crippen LogP contribution in [0.25, 0.3) is 0 Å². The molecule has 0 spiro atoms. The first-order valence-electron chi connectivity index (χ1n) is 6.80. The molecule has 19 heavy (non-hydrogen) atoms. The second-order valence-corrected chi connectivity index (χ2v) is 4.80. The molecular weight excluding hydrogens is 238 g/mol. The zero-order chi connectivity index (χ0) is 13.5. The second kappa shape index (κ2) is 6.99. The minimum Gasteiger partial charge on any atom is -0.330 e. The highest BCUT2D eigenvalue weighted by Crippen LogP contribution is 2.07. The van der Waals surface area contributed by atoms with Crippen LogP contribution in [0.3, 0.4) is 0 Å². The minimum absolute atomic E-state index is 0.723. The van der Waals surface area contributed by atoms with E-state index in [2.05, 4.69) is 46.7 Å². The van der Waals surface area contributed by atoms with E-state index in [0.29, 0.717) is 0 Å². The lowest BCUT2D eigenvalue weighted by atomic mass is 10.1. The van der Waals surface area contributed by atoms with E-state index in [9.17, 15) is 0 Å². The summed E-state index contributed by atoms with van der Waals surface area (Å²) in [6.45, 7) is 3.68. The Morgan fingerprint density at radius 1 is 1.11 bits per heavy atom. The van der Waals surface area contributed by atoms with E-state index in [1.54, 1.807) is 0 Å². The highest BCUT2D eigenvalue weighted by atomic mass is 15.5. The maximum atomic E-state index is 5.49. The van der Waals surface area contributed by atoms with Crippen LogP contribution in [0.15, 0.2) is 24.3 Å². The van der Waals surface area contributed by atoms with Gasteiger partial charge in [-0.15, -0.1) is 5.10 Å². The summed E-state index contributed by atoms with van der Waals surface area (Å²) in [4.78, 5) is 0. The SMILES string of the molecule is Cc1ccc(CCc2nnnn2CCCCN)cc1. The molecule has 1 aromatic carbocycles. The Morgan fingerprint density at radius 2 is 1.89 bits per heavy atom. The van der Waals surface area contributed by atoms with Crippen molar-refractivity contribution in [1.82, 2.24) is 20.2 Å². The monoisotopic (exact) mass is 259 g/mol. The Hall–Kier alpha value is -1.75. The predicted octanol–water partition coefficient (Wildman–Crippen LogP) is 1.51. The molecule has 2 aromatic rings. The van der Waals surface area contributed by atoms with Gasteiger partial charge in [-0.2, -0.15) is 0 Å². The summed E-state index contributed by atoms with van der Waals surface area (Å²) in [5.41, 5.74) is 8.10. The zero-order valence-electron chi connectivity index (χ0n) is 11.4. The van der Waals surface area contributed by atoms with E-state index in [-0.39, 0.29) is 0 Å². The Kier molecular flexibility index (Phi) is 5.03. The van der Waals surface area contributed by atoms with Crippen molar-refractivity contribution in [3.05, 3.63) is 41.2 Å². The standard InChI is InChI=1S/C14H21N5/c1-12-4-6-13(7-5-12)8-9-14-16-17-18-19(14)11-3-2-10-15/h4-7H,2-3,8-11,15H2,1H3. The van der Waals surface area contributed by atoms with Crippen molar-refractivity contribution in [3.63, 3.8) is 0 Å². The lowest BCUT2D eigenvalue weighted by Crippen LogP contribution is -2.09. The number of hydrogen-bond acceptors (Lipinski definition) is 4. The van der Waals surface area contributed by atoms with Crippen LogP contribution in [0.2, 0.25) is 0 Å². The van der Waals surface area contributed by atoms with Crippen LogP contribution in [0.5, 0.6) is 0 Å². The van der Waals surface area contributed by atoms with Crippen molar-refractivity contribution in [2.24, 2.45) is 5.73 Å². The average Bonchev–Trinajstić information content (AvgIpc) is 2.86. The molecule has 2 rings (SSSR count). The summed E-state index contributed by atoms with van der Waals surface area (Å²) in [6, 6.07) is 8.61. The van der Waals surface area contributed by atoms with Crippen LogP contribution in [0.4, 0.5) is 0 Å².